The summed E-state index contributed by atoms with van der Waals surface area (Å²) in [6.07, 6.45) is 0. The summed E-state index contributed by atoms with van der Waals surface area (Å²) in [5, 5.41) is 0.443. The van der Waals surface area contributed by atoms with Crippen LogP contribution in [0.25, 0.3) is 10.9 Å². The first-order valence-electron chi connectivity index (χ1n) is 4.84. The molecule has 0 saturated carbocycles. The van der Waals surface area contributed by atoms with Crippen LogP contribution in [-0.4, -0.2) is 4.98 Å². The Morgan fingerprint density at radius 2 is 1.87 bits per heavy atom. The second kappa shape index (κ2) is 3.19. The van der Waals surface area contributed by atoms with Gasteiger partial charge in [-0.05, 0) is 38.0 Å². The Morgan fingerprint density at radius 1 is 1.20 bits per heavy atom. The highest BCUT2D eigenvalue weighted by atomic mass is 19.1. The van der Waals surface area contributed by atoms with E-state index >= 15 is 0 Å². The van der Waals surface area contributed by atoms with E-state index in [0.29, 0.717) is 16.6 Å². The van der Waals surface area contributed by atoms with Crippen molar-refractivity contribution < 1.29 is 4.39 Å². The van der Waals surface area contributed by atoms with Crippen LogP contribution in [0.5, 0.6) is 0 Å². The van der Waals surface area contributed by atoms with Crippen molar-refractivity contribution in [1.82, 2.24) is 4.98 Å². The molecule has 1 aromatic carbocycles. The maximum Gasteiger partial charge on any atom is 0.134 e. The molecule has 0 radical (unpaired) electrons. The molecule has 0 aliphatic heterocycles. The minimum atomic E-state index is -0.302. The number of nitrogen functional groups attached to an aromatic ring is 1. The van der Waals surface area contributed by atoms with Gasteiger partial charge < -0.3 is 5.73 Å². The molecule has 0 atom stereocenters. The standard InChI is InChI=1S/C12H13FN2/c1-6-4-5-9(13)10-11(14)7(2)8(3)15-12(6)10/h4-5H,1-3H3,(H2,14,15). The molecule has 15 heavy (non-hydrogen) atoms. The van der Waals surface area contributed by atoms with Crippen molar-refractivity contribution in [1.29, 1.82) is 0 Å². The number of rotatable bonds is 0. The molecule has 2 N–H and O–H groups in total. The van der Waals surface area contributed by atoms with Gasteiger partial charge in [0, 0.05) is 11.4 Å². The summed E-state index contributed by atoms with van der Waals surface area (Å²) in [7, 11) is 0. The monoisotopic (exact) mass is 204 g/mol. The van der Waals surface area contributed by atoms with Crippen molar-refractivity contribution in [3.63, 3.8) is 0 Å². The number of hydrogen-bond acceptors (Lipinski definition) is 2. The number of nitrogens with zero attached hydrogens (tertiary/aromatic N) is 1. The largest absolute Gasteiger partial charge is 0.398 e. The molecule has 0 amide bonds. The van der Waals surface area contributed by atoms with Crippen molar-refractivity contribution in [2.75, 3.05) is 5.73 Å². The number of halogens is 1. The topological polar surface area (TPSA) is 38.9 Å². The zero-order valence-electron chi connectivity index (χ0n) is 9.06. The van der Waals surface area contributed by atoms with Crippen LogP contribution in [0.4, 0.5) is 10.1 Å². The van der Waals surface area contributed by atoms with E-state index in [4.69, 9.17) is 5.73 Å². The number of pyridine rings is 1. The lowest BCUT2D eigenvalue weighted by Gasteiger charge is -2.10. The molecule has 0 bridgehead atoms. The summed E-state index contributed by atoms with van der Waals surface area (Å²) in [4.78, 5) is 4.38. The SMILES string of the molecule is Cc1nc2c(C)ccc(F)c2c(N)c1C. The Morgan fingerprint density at radius 3 is 2.53 bits per heavy atom. The Labute approximate surface area is 87.9 Å². The number of benzene rings is 1. The van der Waals surface area contributed by atoms with E-state index in [9.17, 15) is 4.39 Å². The maximum atomic E-state index is 13.6. The van der Waals surface area contributed by atoms with Crippen molar-refractivity contribution in [3.05, 3.63) is 34.8 Å². The highest BCUT2D eigenvalue weighted by Gasteiger charge is 2.11. The van der Waals surface area contributed by atoms with E-state index < -0.39 is 0 Å². The summed E-state index contributed by atoms with van der Waals surface area (Å²) in [6, 6.07) is 3.16. The molecule has 1 heterocycles. The minimum Gasteiger partial charge on any atom is -0.398 e. The lowest BCUT2D eigenvalue weighted by molar-refractivity contribution is 0.639. The van der Waals surface area contributed by atoms with E-state index in [1.807, 2.05) is 20.8 Å². The molecular formula is C12H13FN2. The number of fused-ring (bicyclic) bond motifs is 1. The molecule has 3 heteroatoms. The Kier molecular flexibility index (Phi) is 2.11. The molecule has 1 aromatic heterocycles. The van der Waals surface area contributed by atoms with Gasteiger partial charge in [0.1, 0.15) is 5.82 Å². The predicted octanol–water partition coefficient (Wildman–Crippen LogP) is 2.88. The van der Waals surface area contributed by atoms with Crippen molar-refractivity contribution in [2.45, 2.75) is 20.8 Å². The van der Waals surface area contributed by atoms with Gasteiger partial charge in [0.15, 0.2) is 0 Å². The molecule has 0 spiro atoms. The second-order valence-corrected chi connectivity index (χ2v) is 3.82. The van der Waals surface area contributed by atoms with E-state index in [1.165, 1.54) is 6.07 Å². The minimum absolute atomic E-state index is 0.302. The van der Waals surface area contributed by atoms with E-state index in [-0.39, 0.29) is 5.82 Å². The predicted molar refractivity (Wildman–Crippen MR) is 60.3 cm³/mol. The van der Waals surface area contributed by atoms with Crippen LogP contribution in [0.15, 0.2) is 12.1 Å². The lowest BCUT2D eigenvalue weighted by Crippen LogP contribution is -2.00. The van der Waals surface area contributed by atoms with Gasteiger partial charge in [0.2, 0.25) is 0 Å². The quantitative estimate of drug-likeness (QED) is 0.716. The molecule has 0 aliphatic carbocycles. The Bertz CT molecular complexity index is 547. The number of hydrogen-bond donors (Lipinski definition) is 1. The Balaban J connectivity index is 3.04. The fourth-order valence-electron chi connectivity index (χ4n) is 1.70. The third-order valence-corrected chi connectivity index (χ3v) is 2.82. The smallest absolute Gasteiger partial charge is 0.134 e. The second-order valence-electron chi connectivity index (χ2n) is 3.82. The fraction of sp³-hybridized carbons (Fsp3) is 0.250. The normalized spacial score (nSPS) is 10.9. The van der Waals surface area contributed by atoms with Crippen LogP contribution in [0.1, 0.15) is 16.8 Å². The van der Waals surface area contributed by atoms with E-state index in [1.54, 1.807) is 6.07 Å². The molecule has 2 rings (SSSR count). The van der Waals surface area contributed by atoms with Gasteiger partial charge in [0.05, 0.1) is 10.9 Å². The molecule has 0 aliphatic rings. The van der Waals surface area contributed by atoms with Crippen LogP contribution in [0.3, 0.4) is 0 Å². The summed E-state index contributed by atoms with van der Waals surface area (Å²) >= 11 is 0. The summed E-state index contributed by atoms with van der Waals surface area (Å²) < 4.78 is 13.6. The molecule has 0 saturated heterocycles. The average Bonchev–Trinajstić information content (AvgIpc) is 2.20. The van der Waals surface area contributed by atoms with Crippen LogP contribution in [-0.2, 0) is 0 Å². The van der Waals surface area contributed by atoms with Gasteiger partial charge in [-0.15, -0.1) is 0 Å². The molecular weight excluding hydrogens is 191 g/mol. The van der Waals surface area contributed by atoms with Crippen molar-refractivity contribution in [3.8, 4) is 0 Å². The van der Waals surface area contributed by atoms with Gasteiger partial charge in [-0.25, -0.2) is 4.39 Å². The van der Waals surface area contributed by atoms with Crippen LogP contribution < -0.4 is 5.73 Å². The van der Waals surface area contributed by atoms with Crippen molar-refractivity contribution >= 4 is 16.6 Å². The first-order chi connectivity index (χ1) is 7.02. The lowest BCUT2D eigenvalue weighted by atomic mass is 10.0. The summed E-state index contributed by atoms with van der Waals surface area (Å²) in [6.45, 7) is 5.65. The average molecular weight is 204 g/mol. The molecule has 0 fully saturated rings. The van der Waals surface area contributed by atoms with Gasteiger partial charge in [-0.3, -0.25) is 4.98 Å². The fourth-order valence-corrected chi connectivity index (χ4v) is 1.70. The highest BCUT2D eigenvalue weighted by Crippen LogP contribution is 2.29. The summed E-state index contributed by atoms with van der Waals surface area (Å²) in [5.41, 5.74) is 9.72. The first-order valence-corrected chi connectivity index (χ1v) is 4.84. The van der Waals surface area contributed by atoms with Crippen molar-refractivity contribution in [2.24, 2.45) is 0 Å². The summed E-state index contributed by atoms with van der Waals surface area (Å²) in [5.74, 6) is -0.302. The van der Waals surface area contributed by atoms with Crippen LogP contribution in [0, 0.1) is 26.6 Å². The molecule has 0 unspecified atom stereocenters. The van der Waals surface area contributed by atoms with Gasteiger partial charge in [0.25, 0.3) is 0 Å². The Hall–Kier alpha value is -1.64. The molecule has 78 valence electrons. The van der Waals surface area contributed by atoms with Crippen LogP contribution in [0.2, 0.25) is 0 Å². The zero-order chi connectivity index (χ0) is 11.2. The molecule has 2 nitrogen and oxygen atoms in total. The van der Waals surface area contributed by atoms with Gasteiger partial charge in [-0.1, -0.05) is 6.07 Å². The zero-order valence-corrected chi connectivity index (χ0v) is 9.06. The highest BCUT2D eigenvalue weighted by molar-refractivity contribution is 5.94. The first kappa shape index (κ1) is 9.90. The van der Waals surface area contributed by atoms with Gasteiger partial charge in [-0.2, -0.15) is 0 Å². The van der Waals surface area contributed by atoms with E-state index in [2.05, 4.69) is 4.98 Å². The van der Waals surface area contributed by atoms with Crippen LogP contribution >= 0.6 is 0 Å². The number of nitrogens with two attached hydrogens (primary N) is 1. The number of aryl methyl sites for hydroxylation is 2. The van der Waals surface area contributed by atoms with Gasteiger partial charge >= 0.3 is 0 Å². The third kappa shape index (κ3) is 1.35. The maximum absolute atomic E-state index is 13.6. The number of anilines is 1. The van der Waals surface area contributed by atoms with E-state index in [0.717, 1.165) is 16.8 Å². The number of aromatic nitrogens is 1. The molecule has 2 aromatic rings. The third-order valence-electron chi connectivity index (χ3n) is 2.82.